The zero-order chi connectivity index (χ0) is 16.9. The molecular weight excluding hydrogens is 314 g/mol. The smallest absolute Gasteiger partial charge is 0.0971 e. The van der Waals surface area contributed by atoms with Crippen molar-refractivity contribution < 1.29 is 4.74 Å². The first-order valence-corrected chi connectivity index (χ1v) is 9.40. The molecule has 25 heavy (non-hydrogen) atoms. The Morgan fingerprint density at radius 3 is 2.68 bits per heavy atom. The molecule has 6 heteroatoms. The summed E-state index contributed by atoms with van der Waals surface area (Å²) in [5, 5.41) is 9.05. The standard InChI is InChI=1S/C19H27N5O/c1-2-6-18(7-3-1)24-20-14-17(21-24)15-22-9-5-10-23(12-11-22)16-19-8-4-13-25-19/h1-3,6-7,14,19H,4-5,8-13,15-16H2/t19-/m1/s1. The van der Waals surface area contributed by atoms with Gasteiger partial charge in [0.2, 0.25) is 0 Å². The second-order valence-corrected chi connectivity index (χ2v) is 7.03. The molecule has 2 aromatic rings. The largest absolute Gasteiger partial charge is 0.377 e. The van der Waals surface area contributed by atoms with Crippen molar-refractivity contribution in [3.05, 3.63) is 42.2 Å². The second-order valence-electron chi connectivity index (χ2n) is 7.03. The summed E-state index contributed by atoms with van der Waals surface area (Å²) in [6.45, 7) is 7.42. The quantitative estimate of drug-likeness (QED) is 0.832. The number of hydrogen-bond donors (Lipinski definition) is 0. The summed E-state index contributed by atoms with van der Waals surface area (Å²) >= 11 is 0. The van der Waals surface area contributed by atoms with Gasteiger partial charge >= 0.3 is 0 Å². The van der Waals surface area contributed by atoms with Gasteiger partial charge in [-0.05, 0) is 44.5 Å². The lowest BCUT2D eigenvalue weighted by Crippen LogP contribution is -2.35. The number of ether oxygens (including phenoxy) is 1. The van der Waals surface area contributed by atoms with E-state index in [0.717, 1.165) is 50.7 Å². The van der Waals surface area contributed by atoms with E-state index < -0.39 is 0 Å². The fourth-order valence-electron chi connectivity index (χ4n) is 3.72. The topological polar surface area (TPSA) is 46.4 Å². The summed E-state index contributed by atoms with van der Waals surface area (Å²) in [5.74, 6) is 0. The van der Waals surface area contributed by atoms with Gasteiger partial charge in [0.05, 0.1) is 23.7 Å². The van der Waals surface area contributed by atoms with E-state index in [1.807, 2.05) is 36.5 Å². The van der Waals surface area contributed by atoms with Crippen LogP contribution in [0.4, 0.5) is 0 Å². The van der Waals surface area contributed by atoms with Crippen molar-refractivity contribution in [2.45, 2.75) is 31.9 Å². The van der Waals surface area contributed by atoms with E-state index in [-0.39, 0.29) is 0 Å². The van der Waals surface area contributed by atoms with Crippen molar-refractivity contribution >= 4 is 0 Å². The first-order valence-electron chi connectivity index (χ1n) is 9.40. The highest BCUT2D eigenvalue weighted by atomic mass is 16.5. The van der Waals surface area contributed by atoms with Gasteiger partial charge in [-0.3, -0.25) is 9.80 Å². The molecule has 3 heterocycles. The van der Waals surface area contributed by atoms with Crippen molar-refractivity contribution in [3.63, 3.8) is 0 Å². The summed E-state index contributed by atoms with van der Waals surface area (Å²) in [6, 6.07) is 10.1. The predicted molar refractivity (Wildman–Crippen MR) is 96.7 cm³/mol. The van der Waals surface area contributed by atoms with E-state index >= 15 is 0 Å². The molecule has 2 aliphatic rings. The van der Waals surface area contributed by atoms with E-state index in [1.54, 1.807) is 4.80 Å². The van der Waals surface area contributed by atoms with Crippen molar-refractivity contribution in [3.8, 4) is 5.69 Å². The van der Waals surface area contributed by atoms with Crippen LogP contribution in [0.2, 0.25) is 0 Å². The van der Waals surface area contributed by atoms with Gasteiger partial charge in [-0.25, -0.2) is 0 Å². The molecule has 1 atom stereocenters. The third-order valence-corrected chi connectivity index (χ3v) is 5.08. The van der Waals surface area contributed by atoms with Crippen LogP contribution in [0, 0.1) is 0 Å². The van der Waals surface area contributed by atoms with Gasteiger partial charge in [-0.2, -0.15) is 15.0 Å². The normalized spacial score (nSPS) is 23.0. The van der Waals surface area contributed by atoms with Crippen LogP contribution in [-0.4, -0.2) is 70.2 Å². The fraction of sp³-hybridized carbons (Fsp3) is 0.579. The number of benzene rings is 1. The van der Waals surface area contributed by atoms with Gasteiger partial charge in [0.25, 0.3) is 0 Å². The lowest BCUT2D eigenvalue weighted by molar-refractivity contribution is 0.0742. The molecule has 0 saturated carbocycles. The van der Waals surface area contributed by atoms with Crippen molar-refractivity contribution in [1.82, 2.24) is 24.8 Å². The van der Waals surface area contributed by atoms with Gasteiger partial charge in [-0.1, -0.05) is 18.2 Å². The second kappa shape index (κ2) is 8.08. The van der Waals surface area contributed by atoms with Gasteiger partial charge in [-0.15, -0.1) is 0 Å². The molecule has 0 radical (unpaired) electrons. The SMILES string of the molecule is c1ccc(-n2ncc(CN3CCCN(C[C@H]4CCCO4)CC3)n2)cc1. The highest BCUT2D eigenvalue weighted by molar-refractivity contribution is 5.28. The maximum atomic E-state index is 5.79. The van der Waals surface area contributed by atoms with E-state index in [4.69, 9.17) is 4.74 Å². The number of para-hydroxylation sites is 1. The highest BCUT2D eigenvalue weighted by Crippen LogP contribution is 2.15. The van der Waals surface area contributed by atoms with Crippen LogP contribution >= 0.6 is 0 Å². The molecule has 2 fully saturated rings. The van der Waals surface area contributed by atoms with Crippen LogP contribution in [0.5, 0.6) is 0 Å². The predicted octanol–water partition coefficient (Wildman–Crippen LogP) is 1.95. The Labute approximate surface area is 149 Å². The average Bonchev–Trinajstić information content (AvgIpc) is 3.27. The minimum absolute atomic E-state index is 0.456. The monoisotopic (exact) mass is 341 g/mol. The Morgan fingerprint density at radius 1 is 1.00 bits per heavy atom. The molecule has 0 amide bonds. The Morgan fingerprint density at radius 2 is 1.84 bits per heavy atom. The summed E-state index contributed by atoms with van der Waals surface area (Å²) in [7, 11) is 0. The van der Waals surface area contributed by atoms with Crippen LogP contribution in [-0.2, 0) is 11.3 Å². The zero-order valence-corrected chi connectivity index (χ0v) is 14.8. The van der Waals surface area contributed by atoms with Crippen LogP contribution in [0.25, 0.3) is 5.69 Å². The molecule has 2 aliphatic heterocycles. The Hall–Kier alpha value is -1.76. The Balaban J connectivity index is 1.30. The molecule has 1 aromatic carbocycles. The summed E-state index contributed by atoms with van der Waals surface area (Å²) in [6.07, 6.45) is 6.00. The third-order valence-electron chi connectivity index (χ3n) is 5.08. The molecule has 4 rings (SSSR count). The Kier molecular flexibility index (Phi) is 5.40. The molecule has 0 N–H and O–H groups in total. The van der Waals surface area contributed by atoms with Crippen LogP contribution in [0.3, 0.4) is 0 Å². The fourth-order valence-corrected chi connectivity index (χ4v) is 3.72. The minimum Gasteiger partial charge on any atom is -0.377 e. The summed E-state index contributed by atoms with van der Waals surface area (Å²) in [4.78, 5) is 6.78. The van der Waals surface area contributed by atoms with E-state index in [2.05, 4.69) is 20.0 Å². The molecule has 0 aliphatic carbocycles. The molecule has 1 aromatic heterocycles. The number of rotatable bonds is 5. The van der Waals surface area contributed by atoms with Gasteiger partial charge in [0, 0.05) is 32.8 Å². The molecule has 134 valence electrons. The van der Waals surface area contributed by atoms with E-state index in [9.17, 15) is 0 Å². The van der Waals surface area contributed by atoms with Gasteiger partial charge in [0.15, 0.2) is 0 Å². The molecule has 0 unspecified atom stereocenters. The number of aromatic nitrogens is 3. The first-order chi connectivity index (χ1) is 12.4. The van der Waals surface area contributed by atoms with E-state index in [0.29, 0.717) is 6.10 Å². The van der Waals surface area contributed by atoms with Crippen LogP contribution < -0.4 is 0 Å². The molecule has 6 nitrogen and oxygen atoms in total. The molecular formula is C19H27N5O. The lowest BCUT2D eigenvalue weighted by Gasteiger charge is -2.23. The van der Waals surface area contributed by atoms with Crippen molar-refractivity contribution in [2.24, 2.45) is 0 Å². The van der Waals surface area contributed by atoms with Crippen molar-refractivity contribution in [1.29, 1.82) is 0 Å². The number of nitrogens with zero attached hydrogens (tertiary/aromatic N) is 5. The number of hydrogen-bond acceptors (Lipinski definition) is 5. The summed E-state index contributed by atoms with van der Waals surface area (Å²) in [5.41, 5.74) is 2.05. The van der Waals surface area contributed by atoms with E-state index in [1.165, 1.54) is 25.8 Å². The third kappa shape index (κ3) is 4.45. The molecule has 0 spiro atoms. The first kappa shape index (κ1) is 16.7. The highest BCUT2D eigenvalue weighted by Gasteiger charge is 2.21. The summed E-state index contributed by atoms with van der Waals surface area (Å²) < 4.78 is 5.79. The lowest BCUT2D eigenvalue weighted by atomic mass is 10.2. The Bertz CT molecular complexity index is 653. The van der Waals surface area contributed by atoms with Crippen LogP contribution in [0.15, 0.2) is 36.5 Å². The van der Waals surface area contributed by atoms with Crippen LogP contribution in [0.1, 0.15) is 25.0 Å². The maximum Gasteiger partial charge on any atom is 0.0971 e. The minimum atomic E-state index is 0.456. The molecule has 0 bridgehead atoms. The van der Waals surface area contributed by atoms with Gasteiger partial charge in [0.1, 0.15) is 0 Å². The average molecular weight is 341 g/mol. The van der Waals surface area contributed by atoms with Crippen molar-refractivity contribution in [2.75, 3.05) is 39.3 Å². The molecule has 2 saturated heterocycles. The van der Waals surface area contributed by atoms with Gasteiger partial charge < -0.3 is 4.74 Å². The zero-order valence-electron chi connectivity index (χ0n) is 14.8. The maximum absolute atomic E-state index is 5.79.